The van der Waals surface area contributed by atoms with Gasteiger partial charge in [-0.2, -0.15) is 0 Å². The predicted octanol–water partition coefficient (Wildman–Crippen LogP) is 2.63. The Bertz CT molecular complexity index is 375. The molecule has 0 amide bonds. The number of aliphatic hydroxyl groups excluding tert-OH is 1. The molecule has 1 aliphatic rings. The largest absolute Gasteiger partial charge is 0.393 e. The summed E-state index contributed by atoms with van der Waals surface area (Å²) in [5, 5.41) is 9.58. The first-order chi connectivity index (χ1) is 8.65. The van der Waals surface area contributed by atoms with Gasteiger partial charge in [0.05, 0.1) is 6.10 Å². The van der Waals surface area contributed by atoms with Gasteiger partial charge >= 0.3 is 0 Å². The zero-order valence-corrected chi connectivity index (χ0v) is 11.6. The van der Waals surface area contributed by atoms with E-state index in [4.69, 9.17) is 0 Å². The predicted molar refractivity (Wildman–Crippen MR) is 75.7 cm³/mol. The second-order valence-corrected chi connectivity index (χ2v) is 5.68. The standard InChI is InChI=1S/C16H25NO/c1-13-5-3-6-15(11-13)7-4-9-17-10-8-16(12-17)14(2)18/h3,5-6,11,14,16,18H,4,7-10,12H2,1-2H3. The van der Waals surface area contributed by atoms with Crippen molar-refractivity contribution < 1.29 is 5.11 Å². The lowest BCUT2D eigenvalue weighted by molar-refractivity contribution is 0.127. The topological polar surface area (TPSA) is 23.5 Å². The zero-order chi connectivity index (χ0) is 13.0. The molecule has 100 valence electrons. The van der Waals surface area contributed by atoms with Crippen LogP contribution in [0.1, 0.15) is 30.9 Å². The van der Waals surface area contributed by atoms with Crippen LogP contribution in [0.3, 0.4) is 0 Å². The quantitative estimate of drug-likeness (QED) is 0.864. The lowest BCUT2D eigenvalue weighted by atomic mass is 10.0. The highest BCUT2D eigenvalue weighted by Gasteiger charge is 2.25. The molecule has 0 aliphatic carbocycles. The third-order valence-electron chi connectivity index (χ3n) is 4.01. The molecule has 1 fully saturated rings. The van der Waals surface area contributed by atoms with E-state index in [1.54, 1.807) is 0 Å². The van der Waals surface area contributed by atoms with Crippen LogP contribution >= 0.6 is 0 Å². The fraction of sp³-hybridized carbons (Fsp3) is 0.625. The summed E-state index contributed by atoms with van der Waals surface area (Å²) >= 11 is 0. The monoisotopic (exact) mass is 247 g/mol. The van der Waals surface area contributed by atoms with Gasteiger partial charge in [0, 0.05) is 6.54 Å². The molecule has 0 aromatic heterocycles. The van der Waals surface area contributed by atoms with Crippen LogP contribution in [0.4, 0.5) is 0 Å². The minimum atomic E-state index is -0.147. The van der Waals surface area contributed by atoms with Crippen LogP contribution in [0.25, 0.3) is 0 Å². The summed E-state index contributed by atoms with van der Waals surface area (Å²) in [5.41, 5.74) is 2.80. The SMILES string of the molecule is Cc1cccc(CCCN2CCC(C(C)O)C2)c1. The first-order valence-corrected chi connectivity index (χ1v) is 7.11. The smallest absolute Gasteiger partial charge is 0.0552 e. The minimum Gasteiger partial charge on any atom is -0.393 e. The van der Waals surface area contributed by atoms with E-state index in [1.807, 2.05) is 6.92 Å². The molecule has 0 radical (unpaired) electrons. The highest BCUT2D eigenvalue weighted by atomic mass is 16.3. The Morgan fingerprint density at radius 1 is 1.44 bits per heavy atom. The third kappa shape index (κ3) is 3.82. The molecule has 2 atom stereocenters. The van der Waals surface area contributed by atoms with Crippen LogP contribution in [0.5, 0.6) is 0 Å². The first-order valence-electron chi connectivity index (χ1n) is 7.11. The molecule has 1 aliphatic heterocycles. The maximum atomic E-state index is 9.58. The molecule has 18 heavy (non-hydrogen) atoms. The van der Waals surface area contributed by atoms with Crippen LogP contribution < -0.4 is 0 Å². The summed E-state index contributed by atoms with van der Waals surface area (Å²) in [6.45, 7) is 7.46. The fourth-order valence-corrected chi connectivity index (χ4v) is 2.83. The van der Waals surface area contributed by atoms with Gasteiger partial charge in [0.1, 0.15) is 0 Å². The lowest BCUT2D eigenvalue weighted by Gasteiger charge is -2.17. The number of nitrogens with zero attached hydrogens (tertiary/aromatic N) is 1. The Hall–Kier alpha value is -0.860. The van der Waals surface area contributed by atoms with E-state index in [0.717, 1.165) is 32.5 Å². The summed E-state index contributed by atoms with van der Waals surface area (Å²) < 4.78 is 0. The highest BCUT2D eigenvalue weighted by molar-refractivity contribution is 5.22. The van der Waals surface area contributed by atoms with Gasteiger partial charge in [-0.25, -0.2) is 0 Å². The van der Waals surface area contributed by atoms with Crippen LogP contribution in [-0.4, -0.2) is 35.7 Å². The van der Waals surface area contributed by atoms with Crippen molar-refractivity contribution in [2.24, 2.45) is 5.92 Å². The Labute approximate surface area is 111 Å². The maximum absolute atomic E-state index is 9.58. The number of rotatable bonds is 5. The summed E-state index contributed by atoms with van der Waals surface area (Å²) in [6, 6.07) is 8.79. The van der Waals surface area contributed by atoms with Gasteiger partial charge in [-0.15, -0.1) is 0 Å². The second-order valence-electron chi connectivity index (χ2n) is 5.68. The average molecular weight is 247 g/mol. The third-order valence-corrected chi connectivity index (χ3v) is 4.01. The van der Waals surface area contributed by atoms with Crippen molar-refractivity contribution in [3.05, 3.63) is 35.4 Å². The van der Waals surface area contributed by atoms with Crippen molar-refractivity contribution in [1.82, 2.24) is 4.90 Å². The van der Waals surface area contributed by atoms with E-state index in [2.05, 4.69) is 36.1 Å². The molecule has 1 aromatic rings. The molecule has 0 bridgehead atoms. The number of aryl methyl sites for hydroxylation is 2. The molecule has 1 aromatic carbocycles. The van der Waals surface area contributed by atoms with Crippen molar-refractivity contribution in [3.8, 4) is 0 Å². The van der Waals surface area contributed by atoms with E-state index in [-0.39, 0.29) is 6.10 Å². The number of hydrogen-bond donors (Lipinski definition) is 1. The number of hydrogen-bond acceptors (Lipinski definition) is 2. The van der Waals surface area contributed by atoms with E-state index in [1.165, 1.54) is 17.5 Å². The van der Waals surface area contributed by atoms with E-state index in [0.29, 0.717) is 5.92 Å². The van der Waals surface area contributed by atoms with Gasteiger partial charge in [0.25, 0.3) is 0 Å². The maximum Gasteiger partial charge on any atom is 0.0552 e. The Kier molecular flexibility index (Phi) is 4.79. The van der Waals surface area contributed by atoms with Gasteiger partial charge in [0.2, 0.25) is 0 Å². The van der Waals surface area contributed by atoms with Crippen molar-refractivity contribution in [3.63, 3.8) is 0 Å². The molecule has 2 rings (SSSR count). The van der Waals surface area contributed by atoms with Crippen LogP contribution in [0, 0.1) is 12.8 Å². The molecule has 2 unspecified atom stereocenters. The summed E-state index contributed by atoms with van der Waals surface area (Å²) in [5.74, 6) is 0.490. The van der Waals surface area contributed by atoms with Gasteiger partial charge in [-0.1, -0.05) is 29.8 Å². The van der Waals surface area contributed by atoms with Gasteiger partial charge < -0.3 is 10.0 Å². The molecule has 2 nitrogen and oxygen atoms in total. The molecular formula is C16H25NO. The molecule has 1 N–H and O–H groups in total. The second kappa shape index (κ2) is 6.35. The van der Waals surface area contributed by atoms with Crippen LogP contribution in [-0.2, 0) is 6.42 Å². The molecular weight excluding hydrogens is 222 g/mol. The Morgan fingerprint density at radius 2 is 2.28 bits per heavy atom. The number of benzene rings is 1. The van der Waals surface area contributed by atoms with Crippen molar-refractivity contribution in [2.75, 3.05) is 19.6 Å². The minimum absolute atomic E-state index is 0.147. The normalized spacial score (nSPS) is 22.3. The Morgan fingerprint density at radius 3 is 2.94 bits per heavy atom. The van der Waals surface area contributed by atoms with Crippen LogP contribution in [0.15, 0.2) is 24.3 Å². The van der Waals surface area contributed by atoms with Crippen molar-refractivity contribution in [2.45, 2.75) is 39.2 Å². The first kappa shape index (κ1) is 13.6. The van der Waals surface area contributed by atoms with Gasteiger partial charge in [-0.3, -0.25) is 0 Å². The molecule has 0 spiro atoms. The molecule has 0 saturated carbocycles. The average Bonchev–Trinajstić information content (AvgIpc) is 2.78. The molecule has 1 heterocycles. The van der Waals surface area contributed by atoms with Crippen molar-refractivity contribution in [1.29, 1.82) is 0 Å². The zero-order valence-electron chi connectivity index (χ0n) is 11.6. The highest BCUT2D eigenvalue weighted by Crippen LogP contribution is 2.20. The lowest BCUT2D eigenvalue weighted by Crippen LogP contribution is -2.25. The number of aliphatic hydroxyl groups is 1. The van der Waals surface area contributed by atoms with Crippen LogP contribution in [0.2, 0.25) is 0 Å². The van der Waals surface area contributed by atoms with Crippen molar-refractivity contribution >= 4 is 0 Å². The fourth-order valence-electron chi connectivity index (χ4n) is 2.83. The number of likely N-dealkylation sites (tertiary alicyclic amines) is 1. The van der Waals surface area contributed by atoms with E-state index < -0.39 is 0 Å². The van der Waals surface area contributed by atoms with E-state index >= 15 is 0 Å². The molecule has 1 saturated heterocycles. The van der Waals surface area contributed by atoms with Gasteiger partial charge in [-0.05, 0) is 57.7 Å². The summed E-state index contributed by atoms with van der Waals surface area (Å²) in [6.07, 6.45) is 3.39. The molecule has 2 heteroatoms. The van der Waals surface area contributed by atoms with E-state index in [9.17, 15) is 5.11 Å². The summed E-state index contributed by atoms with van der Waals surface area (Å²) in [7, 11) is 0. The van der Waals surface area contributed by atoms with Gasteiger partial charge in [0.15, 0.2) is 0 Å². The Balaban J connectivity index is 1.70. The summed E-state index contributed by atoms with van der Waals surface area (Å²) in [4.78, 5) is 2.49.